The highest BCUT2D eigenvalue weighted by Gasteiger charge is 2.33. The van der Waals surface area contributed by atoms with Gasteiger partial charge in [0.2, 0.25) is 0 Å². The van der Waals surface area contributed by atoms with Crippen LogP contribution in [0.4, 0.5) is 18.9 Å². The van der Waals surface area contributed by atoms with Crippen LogP contribution in [0.3, 0.4) is 0 Å². The molecule has 106 valence electrons. The van der Waals surface area contributed by atoms with Gasteiger partial charge in [-0.2, -0.15) is 13.2 Å². The van der Waals surface area contributed by atoms with Gasteiger partial charge in [0.25, 0.3) is 5.91 Å². The molecule has 2 nitrogen and oxygen atoms in total. The van der Waals surface area contributed by atoms with Gasteiger partial charge in [-0.3, -0.25) is 4.79 Å². The molecule has 0 unspecified atom stereocenters. The number of carbonyl (C=O) groups excluding carboxylic acids is 1. The Kier molecular flexibility index (Phi) is 4.55. The Morgan fingerprint density at radius 2 is 1.85 bits per heavy atom. The molecular weight excluding hydrogens is 423 g/mol. The van der Waals surface area contributed by atoms with Gasteiger partial charge in [0.15, 0.2) is 0 Å². The van der Waals surface area contributed by atoms with Crippen LogP contribution in [0.2, 0.25) is 0 Å². The lowest BCUT2D eigenvalue weighted by Gasteiger charge is -2.11. The van der Waals surface area contributed by atoms with Gasteiger partial charge in [0.05, 0.1) is 14.2 Å². The minimum atomic E-state index is -4.48. The van der Waals surface area contributed by atoms with E-state index >= 15 is 0 Å². The second kappa shape index (κ2) is 5.87. The summed E-state index contributed by atoms with van der Waals surface area (Å²) < 4.78 is 38.9. The molecule has 0 radical (unpaired) electrons. The molecule has 8 heteroatoms. The molecule has 20 heavy (non-hydrogen) atoms. The average molecular weight is 429 g/mol. The third kappa shape index (κ3) is 3.62. The molecular formula is C12H6Br2F3NOS. The summed E-state index contributed by atoms with van der Waals surface area (Å²) in [6.07, 6.45) is -4.48. The molecule has 1 N–H and O–H groups in total. The van der Waals surface area contributed by atoms with Crippen LogP contribution >= 0.6 is 43.2 Å². The maximum atomic E-state index is 12.7. The van der Waals surface area contributed by atoms with E-state index < -0.39 is 17.6 Å². The monoisotopic (exact) mass is 427 g/mol. The van der Waals surface area contributed by atoms with Crippen LogP contribution in [0, 0.1) is 0 Å². The number of alkyl halides is 3. The number of anilines is 1. The van der Waals surface area contributed by atoms with Crippen molar-refractivity contribution in [3.8, 4) is 0 Å². The number of halogens is 5. The van der Waals surface area contributed by atoms with Crippen molar-refractivity contribution in [1.82, 2.24) is 0 Å². The number of hydrogen-bond acceptors (Lipinski definition) is 2. The molecule has 2 rings (SSSR count). The summed E-state index contributed by atoms with van der Waals surface area (Å²) in [6.45, 7) is 0. The average Bonchev–Trinajstić information content (AvgIpc) is 2.77. The topological polar surface area (TPSA) is 29.1 Å². The maximum Gasteiger partial charge on any atom is 0.417 e. The van der Waals surface area contributed by atoms with Gasteiger partial charge < -0.3 is 5.32 Å². The van der Waals surface area contributed by atoms with Crippen molar-refractivity contribution < 1.29 is 18.0 Å². The van der Waals surface area contributed by atoms with Crippen molar-refractivity contribution in [3.63, 3.8) is 0 Å². The van der Waals surface area contributed by atoms with Crippen molar-refractivity contribution in [2.45, 2.75) is 6.18 Å². The molecule has 1 aromatic carbocycles. The fraction of sp³-hybridized carbons (Fsp3) is 0.0833. The van der Waals surface area contributed by atoms with Crippen molar-refractivity contribution in [2.75, 3.05) is 5.32 Å². The molecule has 0 saturated carbocycles. The summed E-state index contributed by atoms with van der Waals surface area (Å²) in [4.78, 5) is 12.3. The minimum absolute atomic E-state index is 0.0677. The number of benzene rings is 1. The van der Waals surface area contributed by atoms with Crippen molar-refractivity contribution >= 4 is 54.8 Å². The number of nitrogens with one attached hydrogen (secondary N) is 1. The summed E-state index contributed by atoms with van der Waals surface area (Å²) in [5.41, 5.74) is -0.738. The zero-order valence-corrected chi connectivity index (χ0v) is 13.6. The fourth-order valence-corrected chi connectivity index (χ4v) is 3.20. The first kappa shape index (κ1) is 15.5. The van der Waals surface area contributed by atoms with E-state index in [4.69, 9.17) is 0 Å². The zero-order valence-electron chi connectivity index (χ0n) is 9.59. The van der Waals surface area contributed by atoms with Crippen LogP contribution in [0.25, 0.3) is 0 Å². The van der Waals surface area contributed by atoms with E-state index in [9.17, 15) is 18.0 Å². The molecule has 0 fully saturated rings. The van der Waals surface area contributed by atoms with E-state index in [0.29, 0.717) is 4.88 Å². The number of thiophene rings is 1. The van der Waals surface area contributed by atoms with Gasteiger partial charge in [-0.1, -0.05) is 15.9 Å². The predicted octanol–water partition coefficient (Wildman–Crippen LogP) is 5.54. The molecule has 0 aliphatic heterocycles. The van der Waals surface area contributed by atoms with Crippen molar-refractivity contribution in [3.05, 3.63) is 49.0 Å². The van der Waals surface area contributed by atoms with Crippen LogP contribution in [0.5, 0.6) is 0 Å². The van der Waals surface area contributed by atoms with Crippen molar-refractivity contribution in [1.29, 1.82) is 0 Å². The van der Waals surface area contributed by atoms with Gasteiger partial charge in [0, 0.05) is 10.2 Å². The predicted molar refractivity (Wildman–Crippen MR) is 79.1 cm³/mol. The quantitative estimate of drug-likeness (QED) is 0.668. The lowest BCUT2D eigenvalue weighted by molar-refractivity contribution is -0.138. The van der Waals surface area contributed by atoms with Gasteiger partial charge in [-0.15, -0.1) is 11.3 Å². The van der Waals surface area contributed by atoms with Crippen molar-refractivity contribution in [2.24, 2.45) is 0 Å². The summed E-state index contributed by atoms with van der Waals surface area (Å²) in [6, 6.07) is 6.84. The lowest BCUT2D eigenvalue weighted by atomic mass is 10.2. The first-order valence-corrected chi connectivity index (χ1v) is 7.61. The largest absolute Gasteiger partial charge is 0.417 e. The lowest BCUT2D eigenvalue weighted by Crippen LogP contribution is -2.12. The Bertz CT molecular complexity index is 654. The number of rotatable bonds is 2. The summed E-state index contributed by atoms with van der Waals surface area (Å²) >= 11 is 7.26. The standard InChI is InChI=1S/C12H6Br2F3NOS/c13-8-2-1-6(5-7(8)12(15,16)17)18-11(19)9-3-4-10(14)20-9/h1-5H,(H,18,19). The number of carbonyl (C=O) groups is 1. The van der Waals surface area contributed by atoms with Crippen LogP contribution in [-0.4, -0.2) is 5.91 Å². The smallest absolute Gasteiger partial charge is 0.321 e. The van der Waals surface area contributed by atoms with E-state index in [2.05, 4.69) is 37.2 Å². The fourth-order valence-electron chi connectivity index (χ4n) is 1.45. The first-order chi connectivity index (χ1) is 9.27. The summed E-state index contributed by atoms with van der Waals surface area (Å²) in [5.74, 6) is -0.448. The molecule has 0 atom stereocenters. The Morgan fingerprint density at radius 1 is 1.15 bits per heavy atom. The van der Waals surface area contributed by atoms with E-state index in [1.54, 1.807) is 12.1 Å². The molecule has 1 heterocycles. The highest BCUT2D eigenvalue weighted by Crippen LogP contribution is 2.36. The van der Waals surface area contributed by atoms with E-state index in [1.165, 1.54) is 23.5 Å². The molecule has 0 aliphatic rings. The SMILES string of the molecule is O=C(Nc1ccc(Br)c(C(F)(F)F)c1)c1ccc(Br)s1. The Labute approximate surface area is 133 Å². The summed E-state index contributed by atoms with van der Waals surface area (Å²) in [7, 11) is 0. The normalized spacial score (nSPS) is 11.4. The maximum absolute atomic E-state index is 12.7. The second-order valence-corrected chi connectivity index (χ2v) is 7.07. The molecule has 1 amide bonds. The Balaban J connectivity index is 2.24. The highest BCUT2D eigenvalue weighted by atomic mass is 79.9. The van der Waals surface area contributed by atoms with Crippen LogP contribution in [0.15, 0.2) is 38.6 Å². The number of amides is 1. The van der Waals surface area contributed by atoms with Crippen LogP contribution < -0.4 is 5.32 Å². The third-order valence-corrected chi connectivity index (χ3v) is 4.64. The van der Waals surface area contributed by atoms with E-state index in [-0.39, 0.29) is 10.2 Å². The number of hydrogen-bond donors (Lipinski definition) is 1. The minimum Gasteiger partial charge on any atom is -0.321 e. The third-order valence-electron chi connectivity index (χ3n) is 2.33. The van der Waals surface area contributed by atoms with Crippen LogP contribution in [0.1, 0.15) is 15.2 Å². The summed E-state index contributed by atoms with van der Waals surface area (Å²) in [5, 5.41) is 2.44. The van der Waals surface area contributed by atoms with Gasteiger partial charge in [0.1, 0.15) is 0 Å². The second-order valence-electron chi connectivity index (χ2n) is 3.75. The molecule has 0 saturated heterocycles. The van der Waals surface area contributed by atoms with E-state index in [1.807, 2.05) is 0 Å². The van der Waals surface area contributed by atoms with E-state index in [0.717, 1.165) is 9.85 Å². The van der Waals surface area contributed by atoms with Gasteiger partial charge >= 0.3 is 6.18 Å². The first-order valence-electron chi connectivity index (χ1n) is 5.21. The Hall–Kier alpha value is -0.860. The van der Waals surface area contributed by atoms with Gasteiger partial charge in [-0.25, -0.2) is 0 Å². The molecule has 0 aliphatic carbocycles. The molecule has 0 spiro atoms. The molecule has 1 aromatic heterocycles. The van der Waals surface area contributed by atoms with Crippen LogP contribution in [-0.2, 0) is 6.18 Å². The highest BCUT2D eigenvalue weighted by molar-refractivity contribution is 9.11. The zero-order chi connectivity index (χ0) is 14.9. The Morgan fingerprint density at radius 3 is 2.40 bits per heavy atom. The van der Waals surface area contributed by atoms with Gasteiger partial charge in [-0.05, 0) is 46.3 Å². The molecule has 2 aromatic rings. The molecule has 0 bridgehead atoms.